The number of benzene rings is 4. The molecule has 1 aromatic heterocycles. The van der Waals surface area contributed by atoms with Crippen LogP contribution in [0.4, 0.5) is 10.5 Å². The third-order valence-electron chi connectivity index (χ3n) is 6.76. The van der Waals surface area contributed by atoms with Crippen molar-refractivity contribution in [2.24, 2.45) is 4.99 Å². The first-order valence-corrected chi connectivity index (χ1v) is 12.9. The normalized spacial score (nSPS) is 13.8. The minimum Gasteiger partial charge on any atom is -0.309 e. The number of carbonyl (C=O) groups excluding carboxylic acids is 2. The van der Waals surface area contributed by atoms with Crippen molar-refractivity contribution in [3.8, 4) is 5.69 Å². The van der Waals surface area contributed by atoms with Gasteiger partial charge in [-0.3, -0.25) is 14.4 Å². The van der Waals surface area contributed by atoms with Crippen LogP contribution in [-0.2, 0) is 0 Å². The predicted octanol–water partition coefficient (Wildman–Crippen LogP) is 5.79. The van der Waals surface area contributed by atoms with Gasteiger partial charge >= 0.3 is 6.03 Å². The van der Waals surface area contributed by atoms with Crippen molar-refractivity contribution in [2.45, 2.75) is 20.0 Å². The number of aliphatic imine (C=N–C) groups is 1. The van der Waals surface area contributed by atoms with Gasteiger partial charge in [-0.2, -0.15) is 0 Å². The molecule has 0 saturated heterocycles. The number of urea groups is 1. The van der Waals surface area contributed by atoms with Crippen LogP contribution >= 0.6 is 0 Å². The van der Waals surface area contributed by atoms with Gasteiger partial charge in [-0.25, -0.2) is 4.79 Å². The summed E-state index contributed by atoms with van der Waals surface area (Å²) in [7, 11) is 0. The maximum Gasteiger partial charge on any atom is 0.321 e. The number of anilines is 1. The molecule has 1 aliphatic heterocycles. The first-order valence-electron chi connectivity index (χ1n) is 12.9. The summed E-state index contributed by atoms with van der Waals surface area (Å²) >= 11 is 0. The van der Waals surface area contributed by atoms with E-state index < -0.39 is 12.2 Å². The Hall–Kier alpha value is -5.37. The van der Waals surface area contributed by atoms with Crippen LogP contribution in [0.15, 0.2) is 108 Å². The molecule has 0 aliphatic carbocycles. The van der Waals surface area contributed by atoms with Crippen molar-refractivity contribution in [3.63, 3.8) is 0 Å². The molecule has 0 fully saturated rings. The molecule has 0 spiro atoms. The lowest BCUT2D eigenvalue weighted by Gasteiger charge is -2.15. The van der Waals surface area contributed by atoms with Crippen molar-refractivity contribution >= 4 is 23.2 Å². The largest absolute Gasteiger partial charge is 0.321 e. The van der Waals surface area contributed by atoms with Crippen molar-refractivity contribution in [1.82, 2.24) is 20.1 Å². The molecule has 2 amide bonds. The highest BCUT2D eigenvalue weighted by molar-refractivity contribution is 6.15. The van der Waals surface area contributed by atoms with Gasteiger partial charge in [-0.1, -0.05) is 72.3 Å². The Balaban J connectivity index is 1.30. The van der Waals surface area contributed by atoms with E-state index in [9.17, 15) is 9.59 Å². The number of rotatable bonds is 5. The van der Waals surface area contributed by atoms with E-state index in [2.05, 4.69) is 26.9 Å². The van der Waals surface area contributed by atoms with Crippen LogP contribution in [-0.4, -0.2) is 32.3 Å². The Morgan fingerprint density at radius 1 is 0.775 bits per heavy atom. The van der Waals surface area contributed by atoms with Gasteiger partial charge in [0.15, 0.2) is 17.8 Å². The zero-order valence-electron chi connectivity index (χ0n) is 22.0. The number of fused-ring (bicyclic) bond motifs is 3. The lowest BCUT2D eigenvalue weighted by molar-refractivity contribution is 0.103. The molecular formula is C32H26N6O2. The van der Waals surface area contributed by atoms with Gasteiger partial charge in [0.25, 0.3) is 0 Å². The Labute approximate surface area is 231 Å². The van der Waals surface area contributed by atoms with Crippen LogP contribution in [0.5, 0.6) is 0 Å². The number of aromatic nitrogens is 3. The van der Waals surface area contributed by atoms with Crippen LogP contribution in [0.3, 0.4) is 0 Å². The number of nitrogens with zero attached hydrogens (tertiary/aromatic N) is 4. The maximum absolute atomic E-state index is 13.2. The Morgan fingerprint density at radius 3 is 2.17 bits per heavy atom. The van der Waals surface area contributed by atoms with Crippen molar-refractivity contribution in [1.29, 1.82) is 0 Å². The molecule has 6 rings (SSSR count). The summed E-state index contributed by atoms with van der Waals surface area (Å²) < 4.78 is 1.93. The van der Waals surface area contributed by atoms with E-state index in [1.807, 2.05) is 79.1 Å². The van der Waals surface area contributed by atoms with E-state index in [1.165, 1.54) is 0 Å². The Kier molecular flexibility index (Phi) is 6.49. The van der Waals surface area contributed by atoms with Crippen LogP contribution < -0.4 is 10.6 Å². The second-order valence-corrected chi connectivity index (χ2v) is 9.58. The zero-order valence-corrected chi connectivity index (χ0v) is 22.0. The number of hydrogen-bond acceptors (Lipinski definition) is 5. The maximum atomic E-state index is 13.2. The minimum absolute atomic E-state index is 0.0812. The lowest BCUT2D eigenvalue weighted by atomic mass is 9.98. The molecule has 5 aromatic rings. The zero-order chi connectivity index (χ0) is 27.6. The second-order valence-electron chi connectivity index (χ2n) is 9.58. The van der Waals surface area contributed by atoms with Gasteiger partial charge in [0.2, 0.25) is 0 Å². The van der Waals surface area contributed by atoms with Gasteiger partial charge in [0.1, 0.15) is 5.82 Å². The summed E-state index contributed by atoms with van der Waals surface area (Å²) in [5.74, 6) is 1.12. The van der Waals surface area contributed by atoms with Crippen LogP contribution in [0.25, 0.3) is 5.69 Å². The fourth-order valence-corrected chi connectivity index (χ4v) is 4.82. The minimum atomic E-state index is -0.803. The average Bonchev–Trinajstić information content (AvgIpc) is 3.31. The van der Waals surface area contributed by atoms with Gasteiger partial charge in [0.05, 0.1) is 11.4 Å². The van der Waals surface area contributed by atoms with Crippen molar-refractivity contribution in [3.05, 3.63) is 143 Å². The van der Waals surface area contributed by atoms with Gasteiger partial charge in [0, 0.05) is 27.9 Å². The van der Waals surface area contributed by atoms with Gasteiger partial charge in [-0.05, 0) is 50.2 Å². The number of hydrogen-bond donors (Lipinski definition) is 2. The SMILES string of the molecule is Cc1ccc2c(c1)C(c1ccccc1)=NC(NC(=O)Nc1ccc(C(=O)c3ccccc3)cc1)c1nnc(C)n1-2. The molecule has 0 saturated carbocycles. The predicted molar refractivity (Wildman–Crippen MR) is 154 cm³/mol. The van der Waals surface area contributed by atoms with E-state index in [0.29, 0.717) is 28.5 Å². The average molecular weight is 527 g/mol. The molecule has 8 nitrogen and oxygen atoms in total. The first-order chi connectivity index (χ1) is 19.5. The highest BCUT2D eigenvalue weighted by Gasteiger charge is 2.29. The van der Waals surface area contributed by atoms with E-state index in [1.54, 1.807) is 36.4 Å². The monoisotopic (exact) mass is 526 g/mol. The number of ketones is 1. The highest BCUT2D eigenvalue weighted by atomic mass is 16.2. The summed E-state index contributed by atoms with van der Waals surface area (Å²) in [6.07, 6.45) is -0.803. The third kappa shape index (κ3) is 4.78. The number of carbonyl (C=O) groups is 2. The molecule has 196 valence electrons. The molecule has 40 heavy (non-hydrogen) atoms. The number of nitrogens with one attached hydrogen (secondary N) is 2. The third-order valence-corrected chi connectivity index (χ3v) is 6.76. The van der Waals surface area contributed by atoms with Gasteiger partial charge in [-0.15, -0.1) is 10.2 Å². The first kappa shape index (κ1) is 24.9. The molecule has 1 atom stereocenters. The standard InChI is InChI=1S/C32H26N6O2/c1-20-13-18-27-26(19-20)28(22-9-5-3-6-10-22)34-30(31-37-36-21(2)38(27)31)35-32(40)33-25-16-14-24(15-17-25)29(39)23-11-7-4-8-12-23/h3-19,30H,1-2H3,(H2,33,35,40). The highest BCUT2D eigenvalue weighted by Crippen LogP contribution is 2.30. The Morgan fingerprint density at radius 2 is 1.45 bits per heavy atom. The van der Waals surface area contributed by atoms with Gasteiger partial charge < -0.3 is 10.6 Å². The van der Waals surface area contributed by atoms with Crippen LogP contribution in [0.1, 0.15) is 50.4 Å². The smallest absolute Gasteiger partial charge is 0.309 e. The van der Waals surface area contributed by atoms with E-state index in [4.69, 9.17) is 4.99 Å². The summed E-state index contributed by atoms with van der Waals surface area (Å²) in [6.45, 7) is 3.92. The van der Waals surface area contributed by atoms with E-state index in [0.717, 1.165) is 28.1 Å². The summed E-state index contributed by atoms with van der Waals surface area (Å²) in [5, 5.41) is 14.5. The molecule has 2 heterocycles. The fraction of sp³-hybridized carbons (Fsp3) is 0.0938. The van der Waals surface area contributed by atoms with Crippen LogP contribution in [0, 0.1) is 13.8 Å². The van der Waals surface area contributed by atoms with Crippen molar-refractivity contribution in [2.75, 3.05) is 5.32 Å². The Bertz CT molecular complexity index is 1740. The molecule has 0 radical (unpaired) electrons. The fourth-order valence-electron chi connectivity index (χ4n) is 4.82. The molecular weight excluding hydrogens is 500 g/mol. The lowest BCUT2D eigenvalue weighted by Crippen LogP contribution is -2.33. The number of amides is 2. The van der Waals surface area contributed by atoms with Crippen LogP contribution in [0.2, 0.25) is 0 Å². The van der Waals surface area contributed by atoms with E-state index in [-0.39, 0.29) is 5.78 Å². The second kappa shape index (κ2) is 10.4. The molecule has 4 aromatic carbocycles. The quantitative estimate of drug-likeness (QED) is 0.283. The number of aryl methyl sites for hydroxylation is 2. The molecule has 1 aliphatic rings. The molecule has 1 unspecified atom stereocenters. The van der Waals surface area contributed by atoms with E-state index >= 15 is 0 Å². The summed E-state index contributed by atoms with van der Waals surface area (Å²) in [6, 6.07) is 31.5. The summed E-state index contributed by atoms with van der Waals surface area (Å²) in [5.41, 5.74) is 6.28. The van der Waals surface area contributed by atoms with Crippen molar-refractivity contribution < 1.29 is 9.59 Å². The summed E-state index contributed by atoms with van der Waals surface area (Å²) in [4.78, 5) is 30.9. The molecule has 0 bridgehead atoms. The molecule has 8 heteroatoms. The topological polar surface area (TPSA) is 101 Å². The molecule has 2 N–H and O–H groups in total.